The molecule has 0 aliphatic carbocycles. The van der Waals surface area contributed by atoms with Crippen LogP contribution < -0.4 is 5.32 Å². The summed E-state index contributed by atoms with van der Waals surface area (Å²) in [5, 5.41) is 4.15. The first-order valence-electron chi connectivity index (χ1n) is 8.12. The van der Waals surface area contributed by atoms with E-state index in [2.05, 4.69) is 22.1 Å². The number of pyridine rings is 1. The predicted molar refractivity (Wildman–Crippen MR) is 83.8 cm³/mol. The van der Waals surface area contributed by atoms with Crippen molar-refractivity contribution in [3.05, 3.63) is 29.8 Å². The summed E-state index contributed by atoms with van der Waals surface area (Å²) in [7, 11) is 0. The van der Waals surface area contributed by atoms with Gasteiger partial charge in [0.1, 0.15) is 5.69 Å². The fourth-order valence-electron chi connectivity index (χ4n) is 3.81. The molecule has 2 fully saturated rings. The van der Waals surface area contributed by atoms with Crippen LogP contribution in [0, 0.1) is 5.92 Å². The molecule has 3 atom stereocenters. The highest BCUT2D eigenvalue weighted by molar-refractivity contribution is 5.96. The number of aromatic nitrogens is 1. The van der Waals surface area contributed by atoms with Crippen molar-refractivity contribution in [2.75, 3.05) is 19.6 Å². The maximum Gasteiger partial charge on any atom is 0.270 e. The Bertz CT molecular complexity index is 697. The Kier molecular flexibility index (Phi) is 3.37. The van der Waals surface area contributed by atoms with Gasteiger partial charge in [-0.25, -0.2) is 4.98 Å². The third-order valence-electron chi connectivity index (χ3n) is 4.96. The van der Waals surface area contributed by atoms with Crippen molar-refractivity contribution < 1.29 is 9.21 Å². The number of aryl methyl sites for hydroxylation is 1. The van der Waals surface area contributed by atoms with Crippen LogP contribution in [0.5, 0.6) is 0 Å². The van der Waals surface area contributed by atoms with Gasteiger partial charge in [0, 0.05) is 24.5 Å². The fraction of sp³-hybridized carbons (Fsp3) is 0.529. The molecule has 2 aliphatic heterocycles. The Morgan fingerprint density at radius 1 is 1.50 bits per heavy atom. The maximum absolute atomic E-state index is 12.5. The minimum atomic E-state index is -0.0716. The number of nitrogens with one attached hydrogen (secondary N) is 1. The van der Waals surface area contributed by atoms with Gasteiger partial charge in [0.2, 0.25) is 0 Å². The molecule has 2 bridgehead atoms. The highest BCUT2D eigenvalue weighted by Crippen LogP contribution is 2.27. The van der Waals surface area contributed by atoms with E-state index in [4.69, 9.17) is 4.42 Å². The maximum atomic E-state index is 12.5. The van der Waals surface area contributed by atoms with Gasteiger partial charge in [0.05, 0.1) is 12.5 Å². The second kappa shape index (κ2) is 5.39. The van der Waals surface area contributed by atoms with Crippen LogP contribution in [0.1, 0.15) is 35.8 Å². The topological polar surface area (TPSA) is 58.4 Å². The molecular formula is C17H21N3O2. The first-order valence-corrected chi connectivity index (χ1v) is 8.12. The van der Waals surface area contributed by atoms with Crippen LogP contribution in [0.25, 0.3) is 11.0 Å². The van der Waals surface area contributed by atoms with Crippen molar-refractivity contribution in [1.29, 1.82) is 0 Å². The van der Waals surface area contributed by atoms with E-state index in [-0.39, 0.29) is 11.9 Å². The largest absolute Gasteiger partial charge is 0.462 e. The highest BCUT2D eigenvalue weighted by atomic mass is 16.3. The third-order valence-corrected chi connectivity index (χ3v) is 4.96. The van der Waals surface area contributed by atoms with Crippen molar-refractivity contribution >= 4 is 16.9 Å². The molecule has 1 amide bonds. The number of piperidine rings is 1. The van der Waals surface area contributed by atoms with Gasteiger partial charge in [-0.05, 0) is 43.4 Å². The number of nitrogens with zero attached hydrogens (tertiary/aromatic N) is 2. The molecule has 4 heterocycles. The second-order valence-electron chi connectivity index (χ2n) is 6.50. The van der Waals surface area contributed by atoms with E-state index in [1.165, 1.54) is 19.5 Å². The molecule has 116 valence electrons. The van der Waals surface area contributed by atoms with Gasteiger partial charge in [-0.2, -0.15) is 0 Å². The number of rotatable bonds is 3. The summed E-state index contributed by atoms with van der Waals surface area (Å²) in [6.07, 6.45) is 6.65. The molecule has 0 radical (unpaired) electrons. The number of hydrogen-bond acceptors (Lipinski definition) is 4. The molecule has 5 heteroatoms. The third kappa shape index (κ3) is 2.39. The summed E-state index contributed by atoms with van der Waals surface area (Å²) in [5.74, 6) is 0.674. The molecule has 2 aromatic heterocycles. The Balaban J connectivity index is 1.52. The Morgan fingerprint density at radius 3 is 3.23 bits per heavy atom. The number of amides is 1. The van der Waals surface area contributed by atoms with Crippen LogP contribution in [0.15, 0.2) is 22.9 Å². The Labute approximate surface area is 129 Å². The van der Waals surface area contributed by atoms with E-state index in [1.807, 2.05) is 6.07 Å². The summed E-state index contributed by atoms with van der Waals surface area (Å²) >= 11 is 0. The smallest absolute Gasteiger partial charge is 0.270 e. The van der Waals surface area contributed by atoms with Gasteiger partial charge in [-0.3, -0.25) is 4.79 Å². The molecule has 2 aliphatic rings. The lowest BCUT2D eigenvalue weighted by Crippen LogP contribution is -2.47. The van der Waals surface area contributed by atoms with Gasteiger partial charge < -0.3 is 14.6 Å². The van der Waals surface area contributed by atoms with Crippen LogP contribution in [0.2, 0.25) is 0 Å². The van der Waals surface area contributed by atoms with E-state index >= 15 is 0 Å². The average molecular weight is 299 g/mol. The second-order valence-corrected chi connectivity index (χ2v) is 6.50. The number of carbonyl (C=O) groups excluding carboxylic acids is 1. The van der Waals surface area contributed by atoms with Gasteiger partial charge in [-0.15, -0.1) is 0 Å². The summed E-state index contributed by atoms with van der Waals surface area (Å²) in [6, 6.07) is 2.10. The van der Waals surface area contributed by atoms with E-state index < -0.39 is 0 Å². The molecule has 2 unspecified atom stereocenters. The van der Waals surface area contributed by atoms with Gasteiger partial charge >= 0.3 is 0 Å². The molecule has 22 heavy (non-hydrogen) atoms. The first-order chi connectivity index (χ1) is 10.7. The molecule has 2 aromatic rings. The highest BCUT2D eigenvalue weighted by Gasteiger charge is 2.33. The zero-order chi connectivity index (χ0) is 15.1. The van der Waals surface area contributed by atoms with E-state index in [0.29, 0.717) is 5.69 Å². The van der Waals surface area contributed by atoms with Crippen molar-refractivity contribution in [3.8, 4) is 0 Å². The molecule has 0 saturated carbocycles. The normalized spacial score (nSPS) is 27.2. The fourth-order valence-corrected chi connectivity index (χ4v) is 3.81. The standard InChI is InChI=1S/C17H21N3O2/c1-2-12-10-22-16-7-18-15(6-14(12)16)17(21)19-13-5-11-3-4-20(8-11)9-13/h6-7,10-11,13H,2-5,8-9H2,1H3,(H,19,21)/t11?,13-/m0/s1. The summed E-state index contributed by atoms with van der Waals surface area (Å²) in [4.78, 5) is 19.2. The molecule has 4 rings (SSSR count). The van der Waals surface area contributed by atoms with Crippen molar-refractivity contribution in [2.45, 2.75) is 32.2 Å². The van der Waals surface area contributed by atoms with Gasteiger partial charge in [-0.1, -0.05) is 6.92 Å². The molecule has 2 saturated heterocycles. The molecule has 0 aromatic carbocycles. The van der Waals surface area contributed by atoms with Crippen LogP contribution in [-0.4, -0.2) is 41.5 Å². The van der Waals surface area contributed by atoms with Crippen LogP contribution in [-0.2, 0) is 6.42 Å². The molecule has 0 spiro atoms. The number of hydrogen-bond donors (Lipinski definition) is 1. The van der Waals surface area contributed by atoms with E-state index in [1.54, 1.807) is 12.5 Å². The quantitative estimate of drug-likeness (QED) is 0.944. The van der Waals surface area contributed by atoms with Gasteiger partial charge in [0.15, 0.2) is 5.58 Å². The minimum Gasteiger partial charge on any atom is -0.462 e. The van der Waals surface area contributed by atoms with Crippen LogP contribution in [0.4, 0.5) is 0 Å². The van der Waals surface area contributed by atoms with Crippen LogP contribution in [0.3, 0.4) is 0 Å². The van der Waals surface area contributed by atoms with Crippen molar-refractivity contribution in [3.63, 3.8) is 0 Å². The first kappa shape index (κ1) is 13.8. The average Bonchev–Trinajstić information content (AvgIpc) is 3.09. The van der Waals surface area contributed by atoms with Crippen LogP contribution >= 0.6 is 0 Å². The number of carbonyl (C=O) groups is 1. The van der Waals surface area contributed by atoms with Crippen molar-refractivity contribution in [2.24, 2.45) is 5.92 Å². The Morgan fingerprint density at radius 2 is 2.41 bits per heavy atom. The van der Waals surface area contributed by atoms with Gasteiger partial charge in [0.25, 0.3) is 5.91 Å². The number of furan rings is 1. The van der Waals surface area contributed by atoms with Crippen molar-refractivity contribution in [1.82, 2.24) is 15.2 Å². The predicted octanol–water partition coefficient (Wildman–Crippen LogP) is 2.21. The Hall–Kier alpha value is -1.88. The SMILES string of the molecule is CCc1coc2cnc(C(=O)N[C@H]3CC4CCN(C4)C3)cc12. The zero-order valence-corrected chi connectivity index (χ0v) is 12.8. The lowest BCUT2D eigenvalue weighted by atomic mass is 9.97. The van der Waals surface area contributed by atoms with E-state index in [9.17, 15) is 4.79 Å². The summed E-state index contributed by atoms with van der Waals surface area (Å²) < 4.78 is 5.46. The molecule has 5 nitrogen and oxygen atoms in total. The lowest BCUT2D eigenvalue weighted by Gasteiger charge is -2.30. The summed E-state index contributed by atoms with van der Waals surface area (Å²) in [6.45, 7) is 5.43. The molecular weight excluding hydrogens is 278 g/mol. The van der Waals surface area contributed by atoms with E-state index in [0.717, 1.165) is 41.8 Å². The summed E-state index contributed by atoms with van der Waals surface area (Å²) in [5.41, 5.74) is 2.35. The zero-order valence-electron chi connectivity index (χ0n) is 12.8. The lowest BCUT2D eigenvalue weighted by molar-refractivity contribution is 0.0904. The monoisotopic (exact) mass is 299 g/mol. The minimum absolute atomic E-state index is 0.0716. The molecule has 1 N–H and O–H groups in total. The number of fused-ring (bicyclic) bond motifs is 3.